The molecule has 0 radical (unpaired) electrons. The first-order chi connectivity index (χ1) is 14.6. The highest BCUT2D eigenvalue weighted by Gasteiger charge is 2.25. The molecule has 8 heteroatoms. The zero-order valence-corrected chi connectivity index (χ0v) is 18.1. The number of amides is 1. The van der Waals surface area contributed by atoms with Crippen molar-refractivity contribution in [1.82, 2.24) is 15.1 Å². The largest absolute Gasteiger partial charge is 0.492 e. The maximum atomic E-state index is 13.2. The quantitative estimate of drug-likeness (QED) is 0.616. The lowest BCUT2D eigenvalue weighted by Crippen LogP contribution is -2.48. The van der Waals surface area contributed by atoms with Crippen molar-refractivity contribution in [2.75, 3.05) is 37.7 Å². The van der Waals surface area contributed by atoms with E-state index >= 15 is 0 Å². The van der Waals surface area contributed by atoms with E-state index in [0.717, 1.165) is 24.3 Å². The van der Waals surface area contributed by atoms with Crippen molar-refractivity contribution < 1.29 is 9.53 Å². The molecule has 3 aromatic rings. The molecule has 2 heterocycles. The number of benzene rings is 2. The summed E-state index contributed by atoms with van der Waals surface area (Å²) in [5.41, 5.74) is 3.05. The molecule has 1 amide bonds. The summed E-state index contributed by atoms with van der Waals surface area (Å²) in [6.45, 7) is 5.18. The Balaban J connectivity index is 1.48. The second-order valence-electron chi connectivity index (χ2n) is 7.00. The third kappa shape index (κ3) is 4.25. The van der Waals surface area contributed by atoms with Crippen LogP contribution in [0.4, 0.5) is 5.69 Å². The summed E-state index contributed by atoms with van der Waals surface area (Å²) in [4.78, 5) is 17.3. The summed E-state index contributed by atoms with van der Waals surface area (Å²) >= 11 is 12.4. The molecule has 1 aliphatic heterocycles. The summed E-state index contributed by atoms with van der Waals surface area (Å²) in [5, 5.41) is 8.25. The Morgan fingerprint density at radius 2 is 1.93 bits per heavy atom. The number of carbonyl (C=O) groups is 1. The van der Waals surface area contributed by atoms with E-state index in [9.17, 15) is 4.79 Å². The van der Waals surface area contributed by atoms with E-state index in [-0.39, 0.29) is 5.91 Å². The Bertz CT molecular complexity index is 1050. The van der Waals surface area contributed by atoms with Crippen LogP contribution in [0.25, 0.3) is 11.3 Å². The second kappa shape index (κ2) is 8.98. The first-order valence-corrected chi connectivity index (χ1v) is 10.6. The van der Waals surface area contributed by atoms with E-state index in [0.29, 0.717) is 46.7 Å². The fourth-order valence-electron chi connectivity index (χ4n) is 3.61. The predicted molar refractivity (Wildman–Crippen MR) is 120 cm³/mol. The van der Waals surface area contributed by atoms with Crippen molar-refractivity contribution >= 4 is 34.8 Å². The molecular weight excluding hydrogens is 423 g/mol. The van der Waals surface area contributed by atoms with E-state index < -0.39 is 0 Å². The van der Waals surface area contributed by atoms with Gasteiger partial charge in [0.15, 0.2) is 0 Å². The van der Waals surface area contributed by atoms with Gasteiger partial charge in [0.1, 0.15) is 5.75 Å². The third-order valence-electron chi connectivity index (χ3n) is 5.13. The molecule has 0 aliphatic carbocycles. The van der Waals surface area contributed by atoms with Crippen LogP contribution < -0.4 is 9.64 Å². The highest BCUT2D eigenvalue weighted by Crippen LogP contribution is 2.31. The van der Waals surface area contributed by atoms with Crippen LogP contribution in [0.2, 0.25) is 10.0 Å². The highest BCUT2D eigenvalue weighted by atomic mass is 35.5. The minimum Gasteiger partial charge on any atom is -0.492 e. The normalized spacial score (nSPS) is 14.1. The average Bonchev–Trinajstić information content (AvgIpc) is 3.25. The van der Waals surface area contributed by atoms with Crippen molar-refractivity contribution in [2.45, 2.75) is 6.92 Å². The van der Waals surface area contributed by atoms with E-state index in [2.05, 4.69) is 15.1 Å². The maximum Gasteiger partial charge on any atom is 0.257 e. The highest BCUT2D eigenvalue weighted by molar-refractivity contribution is 6.32. The van der Waals surface area contributed by atoms with E-state index in [1.165, 1.54) is 0 Å². The number of carbonyl (C=O) groups excluding carboxylic acids is 1. The molecular formula is C22H22Cl2N4O2. The van der Waals surface area contributed by atoms with Crippen LogP contribution in [0.15, 0.2) is 48.7 Å². The van der Waals surface area contributed by atoms with Crippen molar-refractivity contribution in [1.29, 1.82) is 0 Å². The van der Waals surface area contributed by atoms with Gasteiger partial charge < -0.3 is 14.5 Å². The Kier molecular flexibility index (Phi) is 6.16. The Hall–Kier alpha value is -2.70. The molecule has 1 fully saturated rings. The third-order valence-corrected chi connectivity index (χ3v) is 5.66. The van der Waals surface area contributed by atoms with Gasteiger partial charge >= 0.3 is 0 Å². The Morgan fingerprint density at radius 3 is 2.63 bits per heavy atom. The van der Waals surface area contributed by atoms with Crippen molar-refractivity contribution in [3.05, 3.63) is 64.3 Å². The zero-order valence-electron chi connectivity index (χ0n) is 16.6. The van der Waals surface area contributed by atoms with Crippen LogP contribution in [0.3, 0.4) is 0 Å². The molecule has 0 saturated carbocycles. The molecule has 0 bridgehead atoms. The first-order valence-electron chi connectivity index (χ1n) is 9.82. The molecule has 0 spiro atoms. The summed E-state index contributed by atoms with van der Waals surface area (Å²) in [7, 11) is 0. The topological polar surface area (TPSA) is 61.5 Å². The Morgan fingerprint density at radius 1 is 1.13 bits per heavy atom. The van der Waals surface area contributed by atoms with Gasteiger partial charge in [0, 0.05) is 42.5 Å². The van der Waals surface area contributed by atoms with Crippen LogP contribution >= 0.6 is 23.2 Å². The van der Waals surface area contributed by atoms with Crippen LogP contribution in [0.1, 0.15) is 17.3 Å². The zero-order chi connectivity index (χ0) is 21.1. The number of hydrogen-bond acceptors (Lipinski definition) is 4. The number of halogens is 2. The maximum absolute atomic E-state index is 13.2. The van der Waals surface area contributed by atoms with Gasteiger partial charge in [-0.15, -0.1) is 0 Å². The number of hydrogen-bond donors (Lipinski definition) is 1. The van der Waals surface area contributed by atoms with Crippen molar-refractivity contribution in [3.8, 4) is 17.0 Å². The number of nitrogens with one attached hydrogen (secondary N) is 1. The average molecular weight is 445 g/mol. The van der Waals surface area contributed by atoms with Gasteiger partial charge in [-0.25, -0.2) is 0 Å². The van der Waals surface area contributed by atoms with Crippen LogP contribution in [0.5, 0.6) is 5.75 Å². The number of ether oxygens (including phenoxy) is 1. The van der Waals surface area contributed by atoms with E-state index in [1.807, 2.05) is 42.2 Å². The molecule has 1 saturated heterocycles. The first kappa shape index (κ1) is 20.6. The fraction of sp³-hybridized carbons (Fsp3) is 0.273. The molecule has 0 atom stereocenters. The fourth-order valence-corrected chi connectivity index (χ4v) is 4.03. The van der Waals surface area contributed by atoms with Crippen molar-refractivity contribution in [3.63, 3.8) is 0 Å². The summed E-state index contributed by atoms with van der Waals surface area (Å²) in [6.07, 6.45) is 1.57. The van der Waals surface area contributed by atoms with Gasteiger partial charge in [0.25, 0.3) is 5.91 Å². The minimum atomic E-state index is -0.0468. The number of rotatable bonds is 5. The molecule has 1 aliphatic rings. The lowest BCUT2D eigenvalue weighted by Gasteiger charge is -2.36. The number of H-pyrrole nitrogens is 1. The van der Waals surface area contributed by atoms with Gasteiger partial charge in [0.2, 0.25) is 0 Å². The predicted octanol–water partition coefficient (Wildman–Crippen LogP) is 4.74. The number of piperazine rings is 1. The van der Waals surface area contributed by atoms with E-state index in [4.69, 9.17) is 27.9 Å². The van der Waals surface area contributed by atoms with Crippen molar-refractivity contribution in [2.24, 2.45) is 0 Å². The Labute approximate surface area is 185 Å². The monoisotopic (exact) mass is 444 g/mol. The second-order valence-corrected chi connectivity index (χ2v) is 7.84. The minimum absolute atomic E-state index is 0.0468. The SMILES string of the molecule is CCOc1ccc(-c2[nH]ncc2C(=O)N2CCN(c3cccc(Cl)c3)CC2)cc1Cl. The number of aromatic amines is 1. The smallest absolute Gasteiger partial charge is 0.257 e. The van der Waals surface area contributed by atoms with Gasteiger partial charge in [-0.3, -0.25) is 9.89 Å². The molecule has 0 unspecified atom stereocenters. The molecule has 2 aromatic carbocycles. The van der Waals surface area contributed by atoms with Gasteiger partial charge in [-0.2, -0.15) is 5.10 Å². The van der Waals surface area contributed by atoms with Gasteiger partial charge in [-0.1, -0.05) is 29.3 Å². The van der Waals surface area contributed by atoms with E-state index in [1.54, 1.807) is 18.3 Å². The summed E-state index contributed by atoms with van der Waals surface area (Å²) in [5.74, 6) is 0.571. The number of nitrogens with zero attached hydrogens (tertiary/aromatic N) is 3. The molecule has 156 valence electrons. The summed E-state index contributed by atoms with van der Waals surface area (Å²) < 4.78 is 5.49. The molecule has 4 rings (SSSR count). The summed E-state index contributed by atoms with van der Waals surface area (Å²) in [6, 6.07) is 13.2. The number of anilines is 1. The van der Waals surface area contributed by atoms with Gasteiger partial charge in [0.05, 0.1) is 29.1 Å². The number of aromatic nitrogens is 2. The molecule has 1 aromatic heterocycles. The molecule has 30 heavy (non-hydrogen) atoms. The van der Waals surface area contributed by atoms with Crippen LogP contribution in [-0.2, 0) is 0 Å². The van der Waals surface area contributed by atoms with Crippen LogP contribution in [0, 0.1) is 0 Å². The van der Waals surface area contributed by atoms with Crippen LogP contribution in [-0.4, -0.2) is 53.8 Å². The standard InChI is InChI=1S/C22H22Cl2N4O2/c1-2-30-20-7-6-15(12-19(20)24)21-18(14-25-26-21)22(29)28-10-8-27(9-11-28)17-5-3-4-16(23)13-17/h3-7,12-14H,2,8-11H2,1H3,(H,25,26). The van der Waals surface area contributed by atoms with Gasteiger partial charge in [-0.05, 0) is 43.3 Å². The molecule has 6 nitrogen and oxygen atoms in total. The lowest BCUT2D eigenvalue weighted by molar-refractivity contribution is 0.0747. The molecule has 1 N–H and O–H groups in total. The lowest BCUT2D eigenvalue weighted by atomic mass is 10.1.